The van der Waals surface area contributed by atoms with E-state index in [1.165, 1.54) is 0 Å². The first-order valence-electron chi connectivity index (χ1n) is 5.70. The number of anilines is 2. The van der Waals surface area contributed by atoms with Gasteiger partial charge in [-0.25, -0.2) is 13.8 Å². The van der Waals surface area contributed by atoms with Crippen LogP contribution in [0.15, 0.2) is 6.07 Å². The van der Waals surface area contributed by atoms with Crippen molar-refractivity contribution in [3.63, 3.8) is 0 Å². The van der Waals surface area contributed by atoms with Crippen molar-refractivity contribution in [1.29, 1.82) is 0 Å². The molecule has 0 unspecified atom stereocenters. The second-order valence-corrected chi connectivity index (χ2v) is 4.95. The lowest BCUT2D eigenvalue weighted by Crippen LogP contribution is -2.25. The standard InChI is InChI=1S/C12H19F2N3O/c1-12(2,4-5-18-3)7-16-11-9(14)6-8(13)10(15)17-11/h6H,4-5,7H2,1-3H3,(H3,15,16,17). The number of nitrogens with two attached hydrogens (primary N) is 1. The fourth-order valence-corrected chi connectivity index (χ4v) is 1.39. The number of ether oxygens (including phenoxy) is 1. The Morgan fingerprint density at radius 2 is 2.06 bits per heavy atom. The summed E-state index contributed by atoms with van der Waals surface area (Å²) in [6.45, 7) is 5.15. The number of hydrogen-bond donors (Lipinski definition) is 2. The van der Waals surface area contributed by atoms with Crippen LogP contribution in [-0.2, 0) is 4.74 Å². The van der Waals surface area contributed by atoms with Crippen molar-refractivity contribution in [1.82, 2.24) is 4.98 Å². The number of methoxy groups -OCH3 is 1. The normalized spacial score (nSPS) is 11.6. The lowest BCUT2D eigenvalue weighted by Gasteiger charge is -2.25. The third-order valence-electron chi connectivity index (χ3n) is 2.67. The summed E-state index contributed by atoms with van der Waals surface area (Å²) in [5.41, 5.74) is 5.21. The third-order valence-corrected chi connectivity index (χ3v) is 2.67. The monoisotopic (exact) mass is 259 g/mol. The predicted molar refractivity (Wildman–Crippen MR) is 67.3 cm³/mol. The molecular weight excluding hydrogens is 240 g/mol. The minimum atomic E-state index is -0.850. The van der Waals surface area contributed by atoms with E-state index >= 15 is 0 Å². The molecule has 0 radical (unpaired) electrons. The predicted octanol–water partition coefficient (Wildman–Crippen LogP) is 2.42. The molecule has 0 spiro atoms. The van der Waals surface area contributed by atoms with Gasteiger partial charge in [-0.15, -0.1) is 0 Å². The Morgan fingerprint density at radius 1 is 1.39 bits per heavy atom. The summed E-state index contributed by atoms with van der Waals surface area (Å²) in [6, 6.07) is 0.729. The van der Waals surface area contributed by atoms with Crippen molar-refractivity contribution in [3.8, 4) is 0 Å². The van der Waals surface area contributed by atoms with Gasteiger partial charge in [0, 0.05) is 26.3 Å². The summed E-state index contributed by atoms with van der Waals surface area (Å²) >= 11 is 0. The van der Waals surface area contributed by atoms with Crippen LogP contribution in [0.2, 0.25) is 0 Å². The summed E-state index contributed by atoms with van der Waals surface area (Å²) in [6.07, 6.45) is 0.814. The zero-order valence-electron chi connectivity index (χ0n) is 10.9. The summed E-state index contributed by atoms with van der Waals surface area (Å²) in [5.74, 6) is -1.94. The van der Waals surface area contributed by atoms with Crippen molar-refractivity contribution in [2.45, 2.75) is 20.3 Å². The van der Waals surface area contributed by atoms with Gasteiger partial charge in [-0.05, 0) is 11.8 Å². The van der Waals surface area contributed by atoms with Crippen LogP contribution in [0.3, 0.4) is 0 Å². The number of hydrogen-bond acceptors (Lipinski definition) is 4. The van der Waals surface area contributed by atoms with Gasteiger partial charge in [-0.2, -0.15) is 0 Å². The molecule has 0 aliphatic rings. The molecule has 3 N–H and O–H groups in total. The summed E-state index contributed by atoms with van der Waals surface area (Å²) < 4.78 is 31.3. The Balaban J connectivity index is 2.66. The first-order valence-corrected chi connectivity index (χ1v) is 5.70. The van der Waals surface area contributed by atoms with Gasteiger partial charge in [-0.1, -0.05) is 13.8 Å². The highest BCUT2D eigenvalue weighted by Crippen LogP contribution is 2.22. The smallest absolute Gasteiger partial charge is 0.168 e. The molecule has 1 heterocycles. The van der Waals surface area contributed by atoms with E-state index in [2.05, 4.69) is 10.3 Å². The maximum absolute atomic E-state index is 13.4. The molecule has 0 aromatic carbocycles. The fraction of sp³-hybridized carbons (Fsp3) is 0.583. The summed E-state index contributed by atoms with van der Waals surface area (Å²) in [7, 11) is 1.63. The van der Waals surface area contributed by atoms with E-state index in [9.17, 15) is 8.78 Å². The molecule has 0 bridgehead atoms. The minimum Gasteiger partial charge on any atom is -0.385 e. The van der Waals surface area contributed by atoms with Crippen LogP contribution >= 0.6 is 0 Å². The summed E-state index contributed by atoms with van der Waals surface area (Å²) in [4.78, 5) is 3.64. The van der Waals surface area contributed by atoms with Gasteiger partial charge in [0.15, 0.2) is 23.3 Å². The molecule has 0 atom stereocenters. The molecular formula is C12H19F2N3O. The van der Waals surface area contributed by atoms with Crippen LogP contribution in [0.25, 0.3) is 0 Å². The van der Waals surface area contributed by atoms with E-state index in [0.29, 0.717) is 13.2 Å². The maximum atomic E-state index is 13.4. The van der Waals surface area contributed by atoms with Gasteiger partial charge < -0.3 is 15.8 Å². The molecule has 4 nitrogen and oxygen atoms in total. The van der Waals surface area contributed by atoms with Gasteiger partial charge in [0.05, 0.1) is 0 Å². The highest BCUT2D eigenvalue weighted by molar-refractivity contribution is 5.44. The van der Waals surface area contributed by atoms with E-state index in [1.807, 2.05) is 13.8 Å². The Hall–Kier alpha value is -1.43. The van der Waals surface area contributed by atoms with Crippen molar-refractivity contribution in [2.24, 2.45) is 5.41 Å². The fourth-order valence-electron chi connectivity index (χ4n) is 1.39. The van der Waals surface area contributed by atoms with Crippen molar-refractivity contribution < 1.29 is 13.5 Å². The molecule has 0 fully saturated rings. The SMILES string of the molecule is COCCC(C)(C)CNc1nc(N)c(F)cc1F. The molecule has 0 saturated carbocycles. The highest BCUT2D eigenvalue weighted by atomic mass is 19.1. The number of pyridine rings is 1. The van der Waals surface area contributed by atoms with Crippen LogP contribution in [0.5, 0.6) is 0 Å². The number of aromatic nitrogens is 1. The molecule has 1 aromatic heterocycles. The molecule has 0 amide bonds. The minimum absolute atomic E-state index is 0.0283. The summed E-state index contributed by atoms with van der Waals surface area (Å²) in [5, 5.41) is 2.84. The molecule has 0 saturated heterocycles. The highest BCUT2D eigenvalue weighted by Gasteiger charge is 2.19. The average molecular weight is 259 g/mol. The Morgan fingerprint density at radius 3 is 2.67 bits per heavy atom. The van der Waals surface area contributed by atoms with Gasteiger partial charge in [-0.3, -0.25) is 0 Å². The number of nitrogens with zero attached hydrogens (tertiary/aromatic N) is 1. The van der Waals surface area contributed by atoms with Crippen LogP contribution in [-0.4, -0.2) is 25.2 Å². The van der Waals surface area contributed by atoms with Crippen LogP contribution < -0.4 is 11.1 Å². The Kier molecular flexibility index (Phi) is 4.84. The molecule has 18 heavy (non-hydrogen) atoms. The second-order valence-electron chi connectivity index (χ2n) is 4.95. The molecule has 1 aromatic rings. The maximum Gasteiger partial charge on any atom is 0.168 e. The average Bonchev–Trinajstić information content (AvgIpc) is 2.30. The molecule has 0 aliphatic heterocycles. The number of rotatable bonds is 6. The third kappa shape index (κ3) is 4.10. The van der Waals surface area contributed by atoms with Gasteiger partial charge >= 0.3 is 0 Å². The van der Waals surface area contributed by atoms with Crippen LogP contribution in [0.4, 0.5) is 20.4 Å². The Labute approximate surface area is 106 Å². The molecule has 102 valence electrons. The lowest BCUT2D eigenvalue weighted by atomic mass is 9.90. The van der Waals surface area contributed by atoms with Crippen LogP contribution in [0.1, 0.15) is 20.3 Å². The number of nitrogen functional groups attached to an aromatic ring is 1. The first kappa shape index (κ1) is 14.6. The van der Waals surface area contributed by atoms with Gasteiger partial charge in [0.25, 0.3) is 0 Å². The molecule has 6 heteroatoms. The molecule has 1 rings (SSSR count). The number of nitrogens with one attached hydrogen (secondary N) is 1. The lowest BCUT2D eigenvalue weighted by molar-refractivity contribution is 0.157. The topological polar surface area (TPSA) is 60.2 Å². The zero-order chi connectivity index (χ0) is 13.8. The second kappa shape index (κ2) is 5.95. The van der Waals surface area contributed by atoms with E-state index in [4.69, 9.17) is 10.5 Å². The van der Waals surface area contributed by atoms with Crippen molar-refractivity contribution in [2.75, 3.05) is 31.3 Å². The quantitative estimate of drug-likeness (QED) is 0.823. The van der Waals surface area contributed by atoms with E-state index in [1.54, 1.807) is 7.11 Å². The largest absolute Gasteiger partial charge is 0.385 e. The van der Waals surface area contributed by atoms with Crippen LogP contribution in [0, 0.1) is 17.0 Å². The van der Waals surface area contributed by atoms with Gasteiger partial charge in [0.2, 0.25) is 0 Å². The van der Waals surface area contributed by atoms with Crippen molar-refractivity contribution in [3.05, 3.63) is 17.7 Å². The zero-order valence-corrected chi connectivity index (χ0v) is 10.9. The van der Waals surface area contributed by atoms with E-state index in [0.717, 1.165) is 12.5 Å². The number of halogens is 2. The van der Waals surface area contributed by atoms with Gasteiger partial charge in [0.1, 0.15) is 0 Å². The molecule has 0 aliphatic carbocycles. The Bertz CT molecular complexity index is 411. The van der Waals surface area contributed by atoms with E-state index in [-0.39, 0.29) is 17.1 Å². The van der Waals surface area contributed by atoms with Crippen molar-refractivity contribution >= 4 is 11.6 Å². The first-order chi connectivity index (χ1) is 8.35. The van der Waals surface area contributed by atoms with E-state index < -0.39 is 11.6 Å².